The lowest BCUT2D eigenvalue weighted by Crippen LogP contribution is -2.46. The zero-order valence-corrected chi connectivity index (χ0v) is 17.2. The summed E-state index contributed by atoms with van der Waals surface area (Å²) in [6, 6.07) is 14.2. The molecule has 2 heterocycles. The van der Waals surface area contributed by atoms with E-state index < -0.39 is 0 Å². The molecule has 8 heteroatoms. The number of hydrogen-bond donors (Lipinski definition) is 2. The summed E-state index contributed by atoms with van der Waals surface area (Å²) in [6.45, 7) is 1.76. The van der Waals surface area contributed by atoms with Crippen LogP contribution >= 0.6 is 11.6 Å². The Balaban J connectivity index is 1.34. The number of imidazole rings is 1. The summed E-state index contributed by atoms with van der Waals surface area (Å²) < 4.78 is 1.62. The summed E-state index contributed by atoms with van der Waals surface area (Å²) in [5.74, 6) is -0.430. The maximum Gasteiger partial charge on any atom is 0.326 e. The molecule has 1 atom stereocenters. The molecule has 1 aliphatic heterocycles. The minimum atomic E-state index is -0.255. The van der Waals surface area contributed by atoms with Crippen molar-refractivity contribution in [1.29, 1.82) is 0 Å². The normalized spacial score (nSPS) is 16.6. The molecule has 0 spiro atoms. The molecule has 1 aromatic heterocycles. The number of carbonyl (C=O) groups excluding carboxylic acids is 2. The second-order valence-electron chi connectivity index (χ2n) is 7.49. The summed E-state index contributed by atoms with van der Waals surface area (Å²) in [4.78, 5) is 42.0. The summed E-state index contributed by atoms with van der Waals surface area (Å²) >= 11 is 5.89. The van der Waals surface area contributed by atoms with Crippen LogP contribution in [0.15, 0.2) is 53.3 Å². The molecular formula is C22H23ClN4O3. The van der Waals surface area contributed by atoms with Gasteiger partial charge in [0.05, 0.1) is 17.0 Å². The SMILES string of the molecule is O=C(NCCn1c(=O)[nH]c2ccccc21)C1CCCN(C(=O)c2ccc(Cl)cc2)C1. The van der Waals surface area contributed by atoms with Gasteiger partial charge in [0.1, 0.15) is 0 Å². The maximum absolute atomic E-state index is 12.7. The molecule has 3 aromatic rings. The third-order valence-electron chi connectivity index (χ3n) is 5.49. The highest BCUT2D eigenvalue weighted by Gasteiger charge is 2.28. The molecular weight excluding hydrogens is 404 g/mol. The molecule has 30 heavy (non-hydrogen) atoms. The second-order valence-corrected chi connectivity index (χ2v) is 7.92. The molecule has 0 saturated carbocycles. The Morgan fingerprint density at radius 3 is 2.70 bits per heavy atom. The van der Waals surface area contributed by atoms with Gasteiger partial charge in [-0.05, 0) is 49.2 Å². The van der Waals surface area contributed by atoms with Gasteiger partial charge in [-0.3, -0.25) is 14.2 Å². The molecule has 1 fully saturated rings. The molecule has 1 aliphatic rings. The summed E-state index contributed by atoms with van der Waals surface area (Å²) in [5.41, 5.74) is 1.97. The van der Waals surface area contributed by atoms with Crippen molar-refractivity contribution in [1.82, 2.24) is 19.8 Å². The highest BCUT2D eigenvalue weighted by atomic mass is 35.5. The number of carbonyl (C=O) groups is 2. The van der Waals surface area contributed by atoms with Gasteiger partial charge in [0.25, 0.3) is 5.91 Å². The van der Waals surface area contributed by atoms with Crippen LogP contribution in [0.2, 0.25) is 5.02 Å². The molecule has 156 valence electrons. The Hall–Kier alpha value is -3.06. The zero-order valence-electron chi connectivity index (χ0n) is 16.4. The summed E-state index contributed by atoms with van der Waals surface area (Å²) in [5, 5.41) is 3.50. The Kier molecular flexibility index (Phi) is 5.90. The summed E-state index contributed by atoms with van der Waals surface area (Å²) in [7, 11) is 0. The van der Waals surface area contributed by atoms with E-state index in [2.05, 4.69) is 10.3 Å². The number of rotatable bonds is 5. The average Bonchev–Trinajstić information content (AvgIpc) is 3.09. The molecule has 4 rings (SSSR count). The third-order valence-corrected chi connectivity index (χ3v) is 5.74. The number of benzene rings is 2. The molecule has 2 N–H and O–H groups in total. The molecule has 1 saturated heterocycles. The fourth-order valence-corrected chi connectivity index (χ4v) is 4.04. The minimum Gasteiger partial charge on any atom is -0.354 e. The van der Waals surface area contributed by atoms with Crippen LogP contribution in [0.3, 0.4) is 0 Å². The van der Waals surface area contributed by atoms with Gasteiger partial charge >= 0.3 is 5.69 Å². The van der Waals surface area contributed by atoms with Crippen molar-refractivity contribution < 1.29 is 9.59 Å². The van der Waals surface area contributed by atoms with Crippen molar-refractivity contribution in [3.05, 3.63) is 69.6 Å². The van der Waals surface area contributed by atoms with Crippen LogP contribution in [0.1, 0.15) is 23.2 Å². The Labute approximate surface area is 178 Å². The molecule has 2 amide bonds. The third kappa shape index (κ3) is 4.26. The molecule has 7 nitrogen and oxygen atoms in total. The standard InChI is InChI=1S/C22H23ClN4O3/c23-17-9-7-15(8-10-17)21(29)26-12-3-4-16(14-26)20(28)24-11-13-27-19-6-2-1-5-18(19)25-22(27)30/h1-2,5-10,16H,3-4,11-14H2,(H,24,28)(H,25,30). The molecule has 0 aliphatic carbocycles. The first-order valence-corrected chi connectivity index (χ1v) is 10.4. The van der Waals surface area contributed by atoms with E-state index in [9.17, 15) is 14.4 Å². The smallest absolute Gasteiger partial charge is 0.326 e. The number of nitrogens with one attached hydrogen (secondary N) is 2. The largest absolute Gasteiger partial charge is 0.354 e. The monoisotopic (exact) mass is 426 g/mol. The minimum absolute atomic E-state index is 0.0866. The number of piperidine rings is 1. The van der Waals surface area contributed by atoms with E-state index >= 15 is 0 Å². The van der Waals surface area contributed by atoms with E-state index in [0.717, 1.165) is 23.9 Å². The van der Waals surface area contributed by atoms with E-state index in [1.165, 1.54) is 0 Å². The Morgan fingerprint density at radius 1 is 1.13 bits per heavy atom. The van der Waals surface area contributed by atoms with Gasteiger partial charge in [-0.2, -0.15) is 0 Å². The van der Waals surface area contributed by atoms with Crippen molar-refractivity contribution in [3.63, 3.8) is 0 Å². The van der Waals surface area contributed by atoms with Crippen LogP contribution in [0.5, 0.6) is 0 Å². The number of likely N-dealkylation sites (tertiary alicyclic amines) is 1. The van der Waals surface area contributed by atoms with Crippen LogP contribution in [0.4, 0.5) is 0 Å². The fraction of sp³-hybridized carbons (Fsp3) is 0.318. The molecule has 0 bridgehead atoms. The average molecular weight is 427 g/mol. The van der Waals surface area contributed by atoms with Crippen LogP contribution < -0.4 is 11.0 Å². The van der Waals surface area contributed by atoms with Crippen LogP contribution in [-0.2, 0) is 11.3 Å². The van der Waals surface area contributed by atoms with Gasteiger partial charge < -0.3 is 15.2 Å². The number of H-pyrrole nitrogens is 1. The number of amides is 2. The number of aromatic amines is 1. The number of halogens is 1. The highest BCUT2D eigenvalue weighted by Crippen LogP contribution is 2.20. The van der Waals surface area contributed by atoms with Crippen LogP contribution in [0, 0.1) is 5.92 Å². The number of nitrogens with zero attached hydrogens (tertiary/aromatic N) is 2. The Bertz CT molecular complexity index is 1120. The fourth-order valence-electron chi connectivity index (χ4n) is 3.91. The van der Waals surface area contributed by atoms with E-state index in [1.54, 1.807) is 33.7 Å². The van der Waals surface area contributed by atoms with E-state index in [4.69, 9.17) is 11.6 Å². The number of para-hydroxylation sites is 2. The van der Waals surface area contributed by atoms with Crippen molar-refractivity contribution >= 4 is 34.4 Å². The number of fused-ring (bicyclic) bond motifs is 1. The van der Waals surface area contributed by atoms with E-state index in [-0.39, 0.29) is 23.4 Å². The van der Waals surface area contributed by atoms with Gasteiger partial charge in [-0.15, -0.1) is 0 Å². The quantitative estimate of drug-likeness (QED) is 0.657. The van der Waals surface area contributed by atoms with Crippen molar-refractivity contribution in [2.45, 2.75) is 19.4 Å². The van der Waals surface area contributed by atoms with Gasteiger partial charge in [0, 0.05) is 36.8 Å². The first kappa shape index (κ1) is 20.2. The predicted molar refractivity (Wildman–Crippen MR) is 116 cm³/mol. The van der Waals surface area contributed by atoms with Crippen LogP contribution in [0.25, 0.3) is 11.0 Å². The van der Waals surface area contributed by atoms with Crippen molar-refractivity contribution in [3.8, 4) is 0 Å². The first-order chi connectivity index (χ1) is 14.5. The molecule has 1 unspecified atom stereocenters. The molecule has 0 radical (unpaired) electrons. The van der Waals surface area contributed by atoms with Gasteiger partial charge in [-0.25, -0.2) is 4.79 Å². The van der Waals surface area contributed by atoms with E-state index in [0.29, 0.717) is 36.8 Å². The topological polar surface area (TPSA) is 87.2 Å². The van der Waals surface area contributed by atoms with Gasteiger partial charge in [-0.1, -0.05) is 23.7 Å². The zero-order chi connectivity index (χ0) is 21.1. The lowest BCUT2D eigenvalue weighted by Gasteiger charge is -2.32. The number of hydrogen-bond acceptors (Lipinski definition) is 3. The lowest BCUT2D eigenvalue weighted by molar-refractivity contribution is -0.126. The number of aromatic nitrogens is 2. The predicted octanol–water partition coefficient (Wildman–Crippen LogP) is 2.65. The van der Waals surface area contributed by atoms with Gasteiger partial charge in [0.15, 0.2) is 0 Å². The van der Waals surface area contributed by atoms with E-state index in [1.807, 2.05) is 24.3 Å². The molecule has 2 aromatic carbocycles. The Morgan fingerprint density at radius 2 is 1.90 bits per heavy atom. The first-order valence-electron chi connectivity index (χ1n) is 10.0. The summed E-state index contributed by atoms with van der Waals surface area (Å²) in [6.07, 6.45) is 1.52. The van der Waals surface area contributed by atoms with Gasteiger partial charge in [0.2, 0.25) is 5.91 Å². The second kappa shape index (κ2) is 8.75. The van der Waals surface area contributed by atoms with Crippen molar-refractivity contribution in [2.24, 2.45) is 5.92 Å². The lowest BCUT2D eigenvalue weighted by atomic mass is 9.96. The maximum atomic E-state index is 12.7. The highest BCUT2D eigenvalue weighted by molar-refractivity contribution is 6.30. The van der Waals surface area contributed by atoms with Crippen molar-refractivity contribution in [2.75, 3.05) is 19.6 Å². The van der Waals surface area contributed by atoms with Crippen LogP contribution in [-0.4, -0.2) is 45.9 Å².